The third-order valence-electron chi connectivity index (χ3n) is 3.67. The smallest absolute Gasteiger partial charge is 0.222 e. The van der Waals surface area contributed by atoms with Crippen LogP contribution in [0.1, 0.15) is 70.6 Å². The van der Waals surface area contributed by atoms with Crippen molar-refractivity contribution in [2.45, 2.75) is 64.8 Å². The molecule has 1 heterocycles. The molecule has 1 aromatic heterocycles. The summed E-state index contributed by atoms with van der Waals surface area (Å²) in [6, 6.07) is 3.79. The van der Waals surface area contributed by atoms with Gasteiger partial charge < -0.3 is 9.32 Å². The molecule has 108 valence electrons. The van der Waals surface area contributed by atoms with Gasteiger partial charge in [-0.2, -0.15) is 0 Å². The number of rotatable bonds is 9. The zero-order valence-corrected chi connectivity index (χ0v) is 12.5. The molecule has 19 heavy (non-hydrogen) atoms. The molecule has 0 saturated heterocycles. The van der Waals surface area contributed by atoms with Gasteiger partial charge in [0, 0.05) is 13.5 Å². The molecule has 1 atom stereocenters. The van der Waals surface area contributed by atoms with Crippen molar-refractivity contribution in [3.63, 3.8) is 0 Å². The maximum Gasteiger partial charge on any atom is 0.222 e. The van der Waals surface area contributed by atoms with Crippen LogP contribution in [0.5, 0.6) is 0 Å². The van der Waals surface area contributed by atoms with E-state index in [0.29, 0.717) is 6.42 Å². The monoisotopic (exact) mass is 265 g/mol. The summed E-state index contributed by atoms with van der Waals surface area (Å²) in [6.07, 6.45) is 9.58. The van der Waals surface area contributed by atoms with Gasteiger partial charge in [0.25, 0.3) is 0 Å². The Labute approximate surface area is 117 Å². The van der Waals surface area contributed by atoms with E-state index in [9.17, 15) is 4.79 Å². The zero-order valence-electron chi connectivity index (χ0n) is 12.5. The summed E-state index contributed by atoms with van der Waals surface area (Å²) in [5.74, 6) is 1.05. The van der Waals surface area contributed by atoms with Crippen LogP contribution in [0.4, 0.5) is 0 Å². The topological polar surface area (TPSA) is 33.5 Å². The van der Waals surface area contributed by atoms with Crippen LogP contribution in [0.25, 0.3) is 0 Å². The molecule has 0 bridgehead atoms. The maximum atomic E-state index is 12.1. The average molecular weight is 265 g/mol. The summed E-state index contributed by atoms with van der Waals surface area (Å²) in [6.45, 7) is 4.21. The van der Waals surface area contributed by atoms with Gasteiger partial charge in [0.1, 0.15) is 5.76 Å². The lowest BCUT2D eigenvalue weighted by atomic mass is 10.1. The molecule has 0 aliphatic heterocycles. The molecule has 0 aliphatic carbocycles. The summed E-state index contributed by atoms with van der Waals surface area (Å²) >= 11 is 0. The number of hydrogen-bond acceptors (Lipinski definition) is 2. The van der Waals surface area contributed by atoms with E-state index in [-0.39, 0.29) is 11.9 Å². The number of hydrogen-bond donors (Lipinski definition) is 0. The van der Waals surface area contributed by atoms with Crippen molar-refractivity contribution in [3.8, 4) is 0 Å². The molecule has 1 amide bonds. The molecule has 1 unspecified atom stereocenters. The van der Waals surface area contributed by atoms with Crippen LogP contribution in [0.15, 0.2) is 22.8 Å². The molecule has 0 aliphatic rings. The number of carbonyl (C=O) groups excluding carboxylic acids is 1. The Morgan fingerprint density at radius 3 is 2.58 bits per heavy atom. The van der Waals surface area contributed by atoms with E-state index in [4.69, 9.17) is 4.42 Å². The molecule has 0 aromatic carbocycles. The molecule has 0 radical (unpaired) electrons. The van der Waals surface area contributed by atoms with Crippen LogP contribution in [-0.4, -0.2) is 17.9 Å². The van der Waals surface area contributed by atoms with Crippen molar-refractivity contribution in [1.29, 1.82) is 0 Å². The van der Waals surface area contributed by atoms with E-state index < -0.39 is 0 Å². The van der Waals surface area contributed by atoms with Crippen LogP contribution in [0, 0.1) is 0 Å². The van der Waals surface area contributed by atoms with Crippen molar-refractivity contribution in [2.24, 2.45) is 0 Å². The Bertz CT molecular complexity index is 346. The van der Waals surface area contributed by atoms with Crippen LogP contribution in [0.2, 0.25) is 0 Å². The highest BCUT2D eigenvalue weighted by Gasteiger charge is 2.18. The van der Waals surface area contributed by atoms with Gasteiger partial charge in [0.15, 0.2) is 0 Å². The van der Waals surface area contributed by atoms with Crippen LogP contribution in [0.3, 0.4) is 0 Å². The van der Waals surface area contributed by atoms with Gasteiger partial charge in [-0.25, -0.2) is 0 Å². The highest BCUT2D eigenvalue weighted by atomic mass is 16.3. The number of furan rings is 1. The van der Waals surface area contributed by atoms with Crippen molar-refractivity contribution in [3.05, 3.63) is 24.2 Å². The summed E-state index contributed by atoms with van der Waals surface area (Å²) in [7, 11) is 1.85. The SMILES string of the molecule is CCCCCCCCC(=O)N(C)C(C)c1ccco1. The van der Waals surface area contributed by atoms with Crippen LogP contribution >= 0.6 is 0 Å². The van der Waals surface area contributed by atoms with E-state index >= 15 is 0 Å². The van der Waals surface area contributed by atoms with Crippen LogP contribution < -0.4 is 0 Å². The fourth-order valence-electron chi connectivity index (χ4n) is 2.17. The molecule has 0 N–H and O–H groups in total. The largest absolute Gasteiger partial charge is 0.467 e. The number of amides is 1. The fraction of sp³-hybridized carbons (Fsp3) is 0.688. The Kier molecular flexibility index (Phi) is 7.31. The standard InChI is InChI=1S/C16H27NO2/c1-4-5-6-7-8-9-12-16(18)17(3)14(2)15-11-10-13-19-15/h10-11,13-14H,4-9,12H2,1-3H3. The summed E-state index contributed by atoms with van der Waals surface area (Å²) in [5.41, 5.74) is 0. The molecule has 0 saturated carbocycles. The van der Waals surface area contributed by atoms with E-state index in [2.05, 4.69) is 6.92 Å². The predicted octanol–water partition coefficient (Wildman–Crippen LogP) is 4.55. The van der Waals surface area contributed by atoms with Crippen molar-refractivity contribution >= 4 is 5.91 Å². The summed E-state index contributed by atoms with van der Waals surface area (Å²) < 4.78 is 5.34. The Hall–Kier alpha value is -1.25. The lowest BCUT2D eigenvalue weighted by Gasteiger charge is -2.23. The van der Waals surface area contributed by atoms with Gasteiger partial charge in [-0.05, 0) is 25.5 Å². The van der Waals surface area contributed by atoms with Gasteiger partial charge in [-0.3, -0.25) is 4.79 Å². The van der Waals surface area contributed by atoms with E-state index in [1.807, 2.05) is 26.1 Å². The normalized spacial score (nSPS) is 12.4. The van der Waals surface area contributed by atoms with Crippen molar-refractivity contribution in [1.82, 2.24) is 4.90 Å². The first-order valence-electron chi connectivity index (χ1n) is 7.45. The minimum atomic E-state index is 0.0163. The third kappa shape index (κ3) is 5.50. The van der Waals surface area contributed by atoms with E-state index in [0.717, 1.165) is 18.6 Å². The summed E-state index contributed by atoms with van der Waals surface area (Å²) in [4.78, 5) is 13.8. The van der Waals surface area contributed by atoms with Gasteiger partial charge in [-0.1, -0.05) is 39.0 Å². The third-order valence-corrected chi connectivity index (χ3v) is 3.67. The number of nitrogens with zero attached hydrogens (tertiary/aromatic N) is 1. The fourth-order valence-corrected chi connectivity index (χ4v) is 2.17. The molecule has 0 fully saturated rings. The Morgan fingerprint density at radius 1 is 1.26 bits per heavy atom. The first kappa shape index (κ1) is 15.8. The first-order chi connectivity index (χ1) is 9.16. The van der Waals surface area contributed by atoms with Crippen LogP contribution in [-0.2, 0) is 4.79 Å². The lowest BCUT2D eigenvalue weighted by molar-refractivity contribution is -0.132. The molecule has 3 heteroatoms. The van der Waals surface area contributed by atoms with Crippen molar-refractivity contribution in [2.75, 3.05) is 7.05 Å². The molecule has 3 nitrogen and oxygen atoms in total. The molecular formula is C16H27NO2. The second-order valence-corrected chi connectivity index (χ2v) is 5.21. The minimum absolute atomic E-state index is 0.0163. The van der Waals surface area contributed by atoms with Gasteiger partial charge >= 0.3 is 0 Å². The molecular weight excluding hydrogens is 238 g/mol. The second kappa shape index (κ2) is 8.78. The molecule has 0 spiro atoms. The Balaban J connectivity index is 2.21. The van der Waals surface area contributed by atoms with E-state index in [1.54, 1.807) is 11.2 Å². The van der Waals surface area contributed by atoms with Gasteiger partial charge in [0.05, 0.1) is 12.3 Å². The quantitative estimate of drug-likeness (QED) is 0.614. The average Bonchev–Trinajstić information content (AvgIpc) is 2.94. The first-order valence-corrected chi connectivity index (χ1v) is 7.45. The number of carbonyl (C=O) groups is 1. The predicted molar refractivity (Wildman–Crippen MR) is 77.9 cm³/mol. The van der Waals surface area contributed by atoms with Gasteiger partial charge in [-0.15, -0.1) is 0 Å². The molecule has 1 rings (SSSR count). The Morgan fingerprint density at radius 2 is 1.95 bits per heavy atom. The lowest BCUT2D eigenvalue weighted by Crippen LogP contribution is -2.29. The van der Waals surface area contributed by atoms with Gasteiger partial charge in [0.2, 0.25) is 5.91 Å². The highest BCUT2D eigenvalue weighted by Crippen LogP contribution is 2.20. The van der Waals surface area contributed by atoms with Crippen molar-refractivity contribution < 1.29 is 9.21 Å². The minimum Gasteiger partial charge on any atom is -0.467 e. The summed E-state index contributed by atoms with van der Waals surface area (Å²) in [5, 5.41) is 0. The van der Waals surface area contributed by atoms with E-state index in [1.165, 1.54) is 25.7 Å². The highest BCUT2D eigenvalue weighted by molar-refractivity contribution is 5.76. The molecule has 1 aromatic rings. The number of unbranched alkanes of at least 4 members (excludes halogenated alkanes) is 5. The second-order valence-electron chi connectivity index (χ2n) is 5.21. The maximum absolute atomic E-state index is 12.1. The zero-order chi connectivity index (χ0) is 14.1.